The second-order valence-electron chi connectivity index (χ2n) is 3.85. The number of hydrogen-bond donors (Lipinski definition) is 2. The van der Waals surface area contributed by atoms with E-state index in [0.29, 0.717) is 5.76 Å². The molecule has 1 atom stereocenters. The Morgan fingerprint density at radius 2 is 2.26 bits per heavy atom. The topological polar surface area (TPSA) is 62.5 Å². The Balaban J connectivity index is 2.18. The van der Waals surface area contributed by atoms with Gasteiger partial charge in [0.1, 0.15) is 17.6 Å². The lowest BCUT2D eigenvalue weighted by Gasteiger charge is -2.14. The molecular weight excluding hydrogens is 273 g/mol. The molecule has 1 amide bonds. The Bertz CT molecular complexity index is 571. The molecule has 4 nitrogen and oxygen atoms in total. The largest absolute Gasteiger partial charge is 0.467 e. The fourth-order valence-electron chi connectivity index (χ4n) is 1.60. The molecule has 0 saturated heterocycles. The molecule has 0 aliphatic carbocycles. The summed E-state index contributed by atoms with van der Waals surface area (Å²) < 4.78 is 18.6. The van der Waals surface area contributed by atoms with Gasteiger partial charge in [0.15, 0.2) is 0 Å². The molecule has 2 aromatic rings. The van der Waals surface area contributed by atoms with Crippen molar-refractivity contribution in [1.29, 1.82) is 0 Å². The van der Waals surface area contributed by atoms with Gasteiger partial charge in [0.25, 0.3) is 5.91 Å². The number of carbonyl (C=O) groups is 1. The summed E-state index contributed by atoms with van der Waals surface area (Å²) in [6, 6.07) is 6.19. The average Bonchev–Trinajstić information content (AvgIpc) is 2.92. The van der Waals surface area contributed by atoms with Crippen molar-refractivity contribution in [2.24, 2.45) is 0 Å². The smallest absolute Gasteiger partial charge is 0.254 e. The molecule has 2 rings (SSSR count). The van der Waals surface area contributed by atoms with Crippen LogP contribution < -0.4 is 5.32 Å². The maximum atomic E-state index is 13.5. The fraction of sp³-hybridized carbons (Fsp3) is 0.154. The fourth-order valence-corrected chi connectivity index (χ4v) is 1.78. The molecule has 0 fully saturated rings. The normalized spacial score (nSPS) is 12.2. The Morgan fingerprint density at radius 1 is 1.47 bits per heavy atom. The van der Waals surface area contributed by atoms with E-state index in [1.54, 1.807) is 12.1 Å². The number of aliphatic hydroxyl groups is 1. The van der Waals surface area contributed by atoms with E-state index in [1.165, 1.54) is 18.4 Å². The molecule has 0 radical (unpaired) electrons. The van der Waals surface area contributed by atoms with E-state index in [-0.39, 0.29) is 17.2 Å². The predicted octanol–water partition coefficient (Wildman–Crippen LogP) is 2.54. The SMILES string of the molecule is O=C(NC(CO)c1ccco1)c1cc(Cl)ccc1F. The van der Waals surface area contributed by atoms with Crippen molar-refractivity contribution in [1.82, 2.24) is 5.32 Å². The molecule has 1 heterocycles. The van der Waals surface area contributed by atoms with Gasteiger partial charge >= 0.3 is 0 Å². The van der Waals surface area contributed by atoms with Gasteiger partial charge in [-0.1, -0.05) is 11.6 Å². The molecule has 1 aromatic heterocycles. The highest BCUT2D eigenvalue weighted by Crippen LogP contribution is 2.17. The van der Waals surface area contributed by atoms with Gasteiger partial charge in [0, 0.05) is 5.02 Å². The highest BCUT2D eigenvalue weighted by molar-refractivity contribution is 6.31. The van der Waals surface area contributed by atoms with Crippen LogP contribution in [0.4, 0.5) is 4.39 Å². The molecule has 1 aromatic carbocycles. The van der Waals surface area contributed by atoms with Gasteiger partial charge in [-0.25, -0.2) is 4.39 Å². The van der Waals surface area contributed by atoms with Crippen molar-refractivity contribution in [2.45, 2.75) is 6.04 Å². The van der Waals surface area contributed by atoms with E-state index in [1.807, 2.05) is 0 Å². The van der Waals surface area contributed by atoms with Gasteiger partial charge in [0.05, 0.1) is 18.4 Å². The number of carbonyl (C=O) groups excluding carboxylic acids is 1. The molecule has 19 heavy (non-hydrogen) atoms. The first-order valence-electron chi connectivity index (χ1n) is 5.52. The first-order chi connectivity index (χ1) is 9.11. The lowest BCUT2D eigenvalue weighted by Crippen LogP contribution is -2.31. The number of rotatable bonds is 4. The minimum Gasteiger partial charge on any atom is -0.467 e. The summed E-state index contributed by atoms with van der Waals surface area (Å²) in [6.07, 6.45) is 1.42. The Morgan fingerprint density at radius 3 is 2.89 bits per heavy atom. The summed E-state index contributed by atoms with van der Waals surface area (Å²) in [7, 11) is 0. The van der Waals surface area contributed by atoms with Crippen LogP contribution in [0.3, 0.4) is 0 Å². The van der Waals surface area contributed by atoms with Gasteiger partial charge in [-0.05, 0) is 30.3 Å². The number of halogens is 2. The van der Waals surface area contributed by atoms with E-state index in [4.69, 9.17) is 16.0 Å². The number of nitrogens with one attached hydrogen (secondary N) is 1. The number of amides is 1. The third-order valence-electron chi connectivity index (χ3n) is 2.55. The maximum Gasteiger partial charge on any atom is 0.254 e. The van der Waals surface area contributed by atoms with E-state index >= 15 is 0 Å². The quantitative estimate of drug-likeness (QED) is 0.906. The van der Waals surface area contributed by atoms with E-state index < -0.39 is 17.8 Å². The third-order valence-corrected chi connectivity index (χ3v) is 2.78. The van der Waals surface area contributed by atoms with Gasteiger partial charge < -0.3 is 14.8 Å². The van der Waals surface area contributed by atoms with Crippen LogP contribution in [0.5, 0.6) is 0 Å². The number of aliphatic hydroxyl groups excluding tert-OH is 1. The van der Waals surface area contributed by atoms with E-state index in [2.05, 4.69) is 5.32 Å². The highest BCUT2D eigenvalue weighted by Gasteiger charge is 2.19. The van der Waals surface area contributed by atoms with Gasteiger partial charge in [-0.15, -0.1) is 0 Å². The standard InChI is InChI=1S/C13H11ClFNO3/c14-8-3-4-10(15)9(6-8)13(18)16-11(7-17)12-2-1-5-19-12/h1-6,11,17H,7H2,(H,16,18). The summed E-state index contributed by atoms with van der Waals surface area (Å²) in [5, 5.41) is 11.9. The second-order valence-corrected chi connectivity index (χ2v) is 4.28. The minimum absolute atomic E-state index is 0.183. The molecular formula is C13H11ClFNO3. The van der Waals surface area contributed by atoms with Crippen molar-refractivity contribution in [3.8, 4) is 0 Å². The molecule has 0 saturated carbocycles. The van der Waals surface area contributed by atoms with Crippen molar-refractivity contribution in [3.63, 3.8) is 0 Å². The lowest BCUT2D eigenvalue weighted by molar-refractivity contribution is 0.0903. The Hall–Kier alpha value is -1.85. The molecule has 2 N–H and O–H groups in total. The second kappa shape index (κ2) is 5.86. The summed E-state index contributed by atoms with van der Waals surface area (Å²) in [6.45, 7) is -0.360. The minimum atomic E-state index is -0.735. The highest BCUT2D eigenvalue weighted by atomic mass is 35.5. The first kappa shape index (κ1) is 13.6. The van der Waals surface area contributed by atoms with E-state index in [0.717, 1.165) is 6.07 Å². The van der Waals surface area contributed by atoms with Gasteiger partial charge in [-0.3, -0.25) is 4.79 Å². The monoisotopic (exact) mass is 283 g/mol. The van der Waals surface area contributed by atoms with Crippen LogP contribution in [-0.4, -0.2) is 17.6 Å². The van der Waals surface area contributed by atoms with Crippen molar-refractivity contribution >= 4 is 17.5 Å². The molecule has 1 unspecified atom stereocenters. The van der Waals surface area contributed by atoms with Crippen molar-refractivity contribution in [2.75, 3.05) is 6.61 Å². The van der Waals surface area contributed by atoms with Crippen LogP contribution in [0, 0.1) is 5.82 Å². The van der Waals surface area contributed by atoms with Gasteiger partial charge in [-0.2, -0.15) is 0 Å². The van der Waals surface area contributed by atoms with Crippen LogP contribution in [0.15, 0.2) is 41.0 Å². The van der Waals surface area contributed by atoms with Crippen LogP contribution in [0.2, 0.25) is 5.02 Å². The summed E-state index contributed by atoms with van der Waals surface area (Å²) in [5.41, 5.74) is -0.183. The van der Waals surface area contributed by atoms with Crippen LogP contribution in [0.1, 0.15) is 22.2 Å². The molecule has 0 aliphatic rings. The molecule has 0 aliphatic heterocycles. The average molecular weight is 284 g/mol. The predicted molar refractivity (Wildman–Crippen MR) is 67.4 cm³/mol. The van der Waals surface area contributed by atoms with E-state index in [9.17, 15) is 14.3 Å². The van der Waals surface area contributed by atoms with Crippen molar-refractivity contribution in [3.05, 3.63) is 58.8 Å². The molecule has 100 valence electrons. The summed E-state index contributed by atoms with van der Waals surface area (Å²) in [5.74, 6) is -0.966. The Labute approximate surface area is 113 Å². The number of benzene rings is 1. The summed E-state index contributed by atoms with van der Waals surface area (Å²) in [4.78, 5) is 11.9. The zero-order valence-electron chi connectivity index (χ0n) is 9.77. The molecule has 0 spiro atoms. The van der Waals surface area contributed by atoms with Crippen LogP contribution >= 0.6 is 11.6 Å². The lowest BCUT2D eigenvalue weighted by atomic mass is 10.1. The summed E-state index contributed by atoms with van der Waals surface area (Å²) >= 11 is 5.72. The maximum absolute atomic E-state index is 13.5. The van der Waals surface area contributed by atoms with Crippen LogP contribution in [-0.2, 0) is 0 Å². The molecule has 6 heteroatoms. The zero-order chi connectivity index (χ0) is 13.8. The number of furan rings is 1. The van der Waals surface area contributed by atoms with Gasteiger partial charge in [0.2, 0.25) is 0 Å². The first-order valence-corrected chi connectivity index (χ1v) is 5.90. The number of hydrogen-bond acceptors (Lipinski definition) is 3. The zero-order valence-corrected chi connectivity index (χ0v) is 10.5. The third kappa shape index (κ3) is 3.13. The molecule has 0 bridgehead atoms. The Kier molecular flexibility index (Phi) is 4.19. The van der Waals surface area contributed by atoms with Crippen LogP contribution in [0.25, 0.3) is 0 Å². The van der Waals surface area contributed by atoms with Crippen molar-refractivity contribution < 1.29 is 18.7 Å².